The van der Waals surface area contributed by atoms with Crippen LogP contribution in [0.4, 0.5) is 0 Å². The Balaban J connectivity index is 2.98. The van der Waals surface area contributed by atoms with Gasteiger partial charge in [-0.3, -0.25) is 0 Å². The lowest BCUT2D eigenvalue weighted by Gasteiger charge is -1.81. The van der Waals surface area contributed by atoms with Gasteiger partial charge < -0.3 is 9.52 Å². The zero-order valence-corrected chi connectivity index (χ0v) is 5.26. The van der Waals surface area contributed by atoms with Gasteiger partial charge >= 0.3 is 5.97 Å². The van der Waals surface area contributed by atoms with Crippen LogP contribution in [0.25, 0.3) is 0 Å². The Hall–Kier alpha value is -0.900. The second-order valence-corrected chi connectivity index (χ2v) is 1.88. The van der Waals surface area contributed by atoms with Gasteiger partial charge in [-0.15, -0.1) is 12.6 Å². The molecule has 48 valence electrons. The molecule has 1 aromatic rings. The van der Waals surface area contributed by atoms with Crippen molar-refractivity contribution in [1.29, 1.82) is 0 Å². The van der Waals surface area contributed by atoms with Crippen LogP contribution in [0.2, 0.25) is 0 Å². The monoisotopic (exact) mass is 144 g/mol. The third kappa shape index (κ3) is 1.26. The number of aromatic carboxylic acids is 1. The maximum atomic E-state index is 10.1. The molecule has 0 unspecified atom stereocenters. The van der Waals surface area contributed by atoms with Crippen molar-refractivity contribution in [3.63, 3.8) is 0 Å². The first-order chi connectivity index (χ1) is 4.20. The molecule has 0 fully saturated rings. The molecule has 1 aromatic heterocycles. The molecule has 0 aliphatic carbocycles. The van der Waals surface area contributed by atoms with E-state index in [2.05, 4.69) is 17.0 Å². The molecule has 0 bridgehead atoms. The average Bonchev–Trinajstić information content (AvgIpc) is 2.14. The van der Waals surface area contributed by atoms with E-state index in [1.165, 1.54) is 12.1 Å². The van der Waals surface area contributed by atoms with Crippen molar-refractivity contribution < 1.29 is 14.3 Å². The van der Waals surface area contributed by atoms with E-state index in [1.807, 2.05) is 0 Å². The molecule has 0 aliphatic heterocycles. The summed E-state index contributed by atoms with van der Waals surface area (Å²) in [6.07, 6.45) is 0. The van der Waals surface area contributed by atoms with E-state index in [1.54, 1.807) is 0 Å². The van der Waals surface area contributed by atoms with Crippen molar-refractivity contribution in [3.05, 3.63) is 17.9 Å². The van der Waals surface area contributed by atoms with Gasteiger partial charge in [-0.2, -0.15) is 0 Å². The lowest BCUT2D eigenvalue weighted by atomic mass is 10.5. The zero-order valence-electron chi connectivity index (χ0n) is 4.37. The average molecular weight is 144 g/mol. The highest BCUT2D eigenvalue weighted by Crippen LogP contribution is 2.10. The second-order valence-electron chi connectivity index (χ2n) is 1.44. The number of carboxylic acid groups (broad SMARTS) is 1. The van der Waals surface area contributed by atoms with Crippen LogP contribution in [0.3, 0.4) is 0 Å². The highest BCUT2D eigenvalue weighted by Gasteiger charge is 2.05. The van der Waals surface area contributed by atoms with E-state index in [4.69, 9.17) is 5.11 Å². The number of rotatable bonds is 1. The Kier molecular flexibility index (Phi) is 1.48. The first-order valence-corrected chi connectivity index (χ1v) is 2.67. The Labute approximate surface area is 56.7 Å². The smallest absolute Gasteiger partial charge is 0.371 e. The van der Waals surface area contributed by atoms with Crippen LogP contribution in [0.1, 0.15) is 10.6 Å². The van der Waals surface area contributed by atoms with E-state index >= 15 is 0 Å². The molecule has 0 saturated carbocycles. The standard InChI is InChI=1S/C5H4O3S/c6-5(7)3-1-2-4(9)8-3/h1-2,9H,(H,6,7). The van der Waals surface area contributed by atoms with E-state index in [0.29, 0.717) is 5.09 Å². The van der Waals surface area contributed by atoms with E-state index in [0.717, 1.165) is 0 Å². The van der Waals surface area contributed by atoms with Gasteiger partial charge in [-0.05, 0) is 12.1 Å². The van der Waals surface area contributed by atoms with Crippen LogP contribution in [-0.4, -0.2) is 11.1 Å². The first-order valence-electron chi connectivity index (χ1n) is 2.22. The molecule has 0 aromatic carbocycles. The van der Waals surface area contributed by atoms with Crippen LogP contribution in [-0.2, 0) is 0 Å². The predicted molar refractivity (Wildman–Crippen MR) is 32.9 cm³/mol. The predicted octanol–water partition coefficient (Wildman–Crippen LogP) is 1.27. The lowest BCUT2D eigenvalue weighted by Crippen LogP contribution is -1.91. The molecule has 0 spiro atoms. The normalized spacial score (nSPS) is 9.44. The quantitative estimate of drug-likeness (QED) is 0.583. The number of thiol groups is 1. The second kappa shape index (κ2) is 2.14. The van der Waals surface area contributed by atoms with Crippen molar-refractivity contribution in [1.82, 2.24) is 0 Å². The van der Waals surface area contributed by atoms with Gasteiger partial charge in [0.15, 0.2) is 5.09 Å². The summed E-state index contributed by atoms with van der Waals surface area (Å²) in [4.78, 5) is 10.1. The van der Waals surface area contributed by atoms with Crippen LogP contribution >= 0.6 is 12.6 Å². The molecule has 3 nitrogen and oxygen atoms in total. The summed E-state index contributed by atoms with van der Waals surface area (Å²) < 4.78 is 4.61. The molecule has 1 heterocycles. The third-order valence-electron chi connectivity index (χ3n) is 0.803. The van der Waals surface area contributed by atoms with Crippen LogP contribution in [0.5, 0.6) is 0 Å². The summed E-state index contributed by atoms with van der Waals surface area (Å²) in [7, 11) is 0. The lowest BCUT2D eigenvalue weighted by molar-refractivity contribution is 0.0656. The maximum Gasteiger partial charge on any atom is 0.371 e. The minimum absolute atomic E-state index is 0.0833. The number of furan rings is 1. The van der Waals surface area contributed by atoms with Crippen LogP contribution < -0.4 is 0 Å². The van der Waals surface area contributed by atoms with Gasteiger partial charge in [0, 0.05) is 0 Å². The van der Waals surface area contributed by atoms with Gasteiger partial charge in [0.2, 0.25) is 5.76 Å². The largest absolute Gasteiger partial charge is 0.475 e. The van der Waals surface area contributed by atoms with Gasteiger partial charge in [0.05, 0.1) is 0 Å². The molecule has 1 rings (SSSR count). The summed E-state index contributed by atoms with van der Waals surface area (Å²) in [5, 5.41) is 8.58. The fraction of sp³-hybridized carbons (Fsp3) is 0. The van der Waals surface area contributed by atoms with Gasteiger partial charge in [-0.1, -0.05) is 0 Å². The number of carboxylic acids is 1. The Bertz CT molecular complexity index is 228. The van der Waals surface area contributed by atoms with Gasteiger partial charge in [0.25, 0.3) is 0 Å². The summed E-state index contributed by atoms with van der Waals surface area (Å²) in [5.41, 5.74) is 0. The first kappa shape index (κ1) is 6.22. The highest BCUT2D eigenvalue weighted by molar-refractivity contribution is 7.80. The van der Waals surface area contributed by atoms with E-state index in [-0.39, 0.29) is 5.76 Å². The van der Waals surface area contributed by atoms with Crippen LogP contribution in [0.15, 0.2) is 21.6 Å². The minimum atomic E-state index is -1.07. The van der Waals surface area contributed by atoms with Gasteiger partial charge in [-0.25, -0.2) is 4.79 Å². The Morgan fingerprint density at radius 3 is 2.56 bits per heavy atom. The topological polar surface area (TPSA) is 50.4 Å². The van der Waals surface area contributed by atoms with Crippen molar-refractivity contribution in [2.75, 3.05) is 0 Å². The summed E-state index contributed by atoms with van der Waals surface area (Å²) >= 11 is 3.77. The van der Waals surface area contributed by atoms with Crippen molar-refractivity contribution in [3.8, 4) is 0 Å². The summed E-state index contributed by atoms with van der Waals surface area (Å²) in [6, 6.07) is 2.83. The van der Waals surface area contributed by atoms with Gasteiger partial charge in [0.1, 0.15) is 0 Å². The molecule has 9 heavy (non-hydrogen) atoms. The fourth-order valence-electron chi connectivity index (χ4n) is 0.443. The molecular weight excluding hydrogens is 140 g/mol. The van der Waals surface area contributed by atoms with Crippen LogP contribution in [0, 0.1) is 0 Å². The third-order valence-corrected chi connectivity index (χ3v) is 1.04. The zero-order chi connectivity index (χ0) is 6.85. The molecule has 0 atom stereocenters. The maximum absolute atomic E-state index is 10.1. The number of hydrogen-bond acceptors (Lipinski definition) is 3. The molecule has 4 heteroatoms. The van der Waals surface area contributed by atoms with Crippen molar-refractivity contribution in [2.45, 2.75) is 5.09 Å². The summed E-state index contributed by atoms with van der Waals surface area (Å²) in [5.74, 6) is -1.16. The molecular formula is C5H4O3S. The van der Waals surface area contributed by atoms with Crippen molar-refractivity contribution >= 4 is 18.6 Å². The number of hydrogen-bond donors (Lipinski definition) is 2. The number of carbonyl (C=O) groups is 1. The summed E-state index contributed by atoms with van der Waals surface area (Å²) in [6.45, 7) is 0. The molecule has 0 aliphatic rings. The fourth-order valence-corrected chi connectivity index (χ4v) is 0.616. The molecule has 0 radical (unpaired) electrons. The molecule has 1 N–H and O–H groups in total. The highest BCUT2D eigenvalue weighted by atomic mass is 32.1. The SMILES string of the molecule is O=C(O)c1ccc(S)o1. The Morgan fingerprint density at radius 1 is 1.67 bits per heavy atom. The van der Waals surface area contributed by atoms with E-state index in [9.17, 15) is 4.79 Å². The minimum Gasteiger partial charge on any atom is -0.475 e. The van der Waals surface area contributed by atoms with Crippen molar-refractivity contribution in [2.24, 2.45) is 0 Å². The molecule has 0 saturated heterocycles. The Morgan fingerprint density at radius 2 is 2.33 bits per heavy atom. The van der Waals surface area contributed by atoms with E-state index < -0.39 is 5.97 Å². The molecule has 0 amide bonds.